The molecule has 4 heteroatoms. The zero-order chi connectivity index (χ0) is 10.5. The summed E-state index contributed by atoms with van der Waals surface area (Å²) in [6, 6.07) is 0. The molecule has 0 aromatic heterocycles. The normalized spacial score (nSPS) is 13.2. The summed E-state index contributed by atoms with van der Waals surface area (Å²) in [6.45, 7) is 8.71. The molecule has 0 bridgehead atoms. The van der Waals surface area contributed by atoms with Gasteiger partial charge in [0, 0.05) is 6.54 Å². The molecular weight excluding hydrogens is 186 g/mol. The second-order valence-electron chi connectivity index (χ2n) is 4.52. The van der Waals surface area contributed by atoms with Crippen LogP contribution in [0.2, 0.25) is 0 Å². The molecule has 0 aromatic carbocycles. The quantitative estimate of drug-likeness (QED) is 0.746. The molecule has 0 fully saturated rings. The van der Waals surface area contributed by atoms with E-state index >= 15 is 0 Å². The van der Waals surface area contributed by atoms with Crippen molar-refractivity contribution in [1.29, 1.82) is 0 Å². The maximum Gasteiger partial charge on any atom is 0.211 e. The average Bonchev–Trinajstić information content (AvgIpc) is 1.82. The molecule has 0 aliphatic carbocycles. The standard InChI is InChI=1S/C9H21NO2S/c1-5-8-13(11,12)10-7-6-9(2,3)4/h10H,5-8H2,1-4H3. The van der Waals surface area contributed by atoms with Crippen LogP contribution in [0, 0.1) is 5.41 Å². The van der Waals surface area contributed by atoms with E-state index < -0.39 is 10.0 Å². The van der Waals surface area contributed by atoms with Crippen LogP contribution in [0.5, 0.6) is 0 Å². The third kappa shape index (κ3) is 8.25. The number of rotatable bonds is 5. The minimum Gasteiger partial charge on any atom is -0.215 e. The zero-order valence-corrected chi connectivity index (χ0v) is 9.87. The van der Waals surface area contributed by atoms with Crippen LogP contribution in [0.4, 0.5) is 0 Å². The van der Waals surface area contributed by atoms with Gasteiger partial charge in [-0.15, -0.1) is 0 Å². The van der Waals surface area contributed by atoms with Gasteiger partial charge in [0.1, 0.15) is 0 Å². The smallest absolute Gasteiger partial charge is 0.211 e. The van der Waals surface area contributed by atoms with Crippen LogP contribution < -0.4 is 4.72 Å². The van der Waals surface area contributed by atoms with Crippen molar-refractivity contribution < 1.29 is 8.42 Å². The van der Waals surface area contributed by atoms with Gasteiger partial charge in [-0.25, -0.2) is 13.1 Å². The highest BCUT2D eigenvalue weighted by Crippen LogP contribution is 2.17. The van der Waals surface area contributed by atoms with Gasteiger partial charge in [0.05, 0.1) is 5.75 Å². The Morgan fingerprint density at radius 1 is 1.23 bits per heavy atom. The summed E-state index contributed by atoms with van der Waals surface area (Å²) in [7, 11) is -3.00. The molecule has 80 valence electrons. The third-order valence-electron chi connectivity index (χ3n) is 1.67. The minimum atomic E-state index is -3.00. The Morgan fingerprint density at radius 2 is 1.77 bits per heavy atom. The van der Waals surface area contributed by atoms with Crippen molar-refractivity contribution in [2.24, 2.45) is 5.41 Å². The van der Waals surface area contributed by atoms with Gasteiger partial charge in [0.15, 0.2) is 0 Å². The highest BCUT2D eigenvalue weighted by atomic mass is 32.2. The lowest BCUT2D eigenvalue weighted by atomic mass is 9.93. The third-order valence-corrected chi connectivity index (χ3v) is 3.26. The van der Waals surface area contributed by atoms with Gasteiger partial charge in [-0.1, -0.05) is 27.7 Å². The van der Waals surface area contributed by atoms with Crippen LogP contribution in [-0.2, 0) is 10.0 Å². The van der Waals surface area contributed by atoms with Gasteiger partial charge in [-0.3, -0.25) is 0 Å². The van der Waals surface area contributed by atoms with E-state index in [4.69, 9.17) is 0 Å². The molecule has 0 amide bonds. The number of hydrogen-bond donors (Lipinski definition) is 1. The topological polar surface area (TPSA) is 46.2 Å². The lowest BCUT2D eigenvalue weighted by Crippen LogP contribution is -2.29. The Labute approximate surface area is 82.0 Å². The van der Waals surface area contributed by atoms with Crippen LogP contribution in [0.1, 0.15) is 40.5 Å². The maximum atomic E-state index is 11.2. The van der Waals surface area contributed by atoms with Crippen molar-refractivity contribution in [3.63, 3.8) is 0 Å². The summed E-state index contributed by atoms with van der Waals surface area (Å²) >= 11 is 0. The van der Waals surface area contributed by atoms with Crippen molar-refractivity contribution in [2.45, 2.75) is 40.5 Å². The first-order chi connectivity index (χ1) is 5.77. The average molecular weight is 207 g/mol. The number of nitrogens with one attached hydrogen (secondary N) is 1. The SMILES string of the molecule is CCCS(=O)(=O)NCCC(C)(C)C. The molecule has 0 aliphatic heterocycles. The molecule has 0 unspecified atom stereocenters. The van der Waals surface area contributed by atoms with E-state index in [1.807, 2.05) is 6.92 Å². The molecule has 0 aromatic rings. The predicted octanol–water partition coefficient (Wildman–Crippen LogP) is 1.75. The van der Waals surface area contributed by atoms with Gasteiger partial charge in [-0.05, 0) is 18.3 Å². The van der Waals surface area contributed by atoms with E-state index in [9.17, 15) is 8.42 Å². The fourth-order valence-corrected chi connectivity index (χ4v) is 2.02. The van der Waals surface area contributed by atoms with Gasteiger partial charge >= 0.3 is 0 Å². The van der Waals surface area contributed by atoms with E-state index in [0.717, 1.165) is 6.42 Å². The summed E-state index contributed by atoms with van der Waals surface area (Å²) in [5, 5.41) is 0. The van der Waals surface area contributed by atoms with E-state index in [1.165, 1.54) is 0 Å². The lowest BCUT2D eigenvalue weighted by molar-refractivity contribution is 0.378. The largest absolute Gasteiger partial charge is 0.215 e. The van der Waals surface area contributed by atoms with Gasteiger partial charge < -0.3 is 0 Å². The first-order valence-corrected chi connectivity index (χ1v) is 6.39. The van der Waals surface area contributed by atoms with Crippen molar-refractivity contribution >= 4 is 10.0 Å². The van der Waals surface area contributed by atoms with Crippen molar-refractivity contribution in [1.82, 2.24) is 4.72 Å². The second-order valence-corrected chi connectivity index (χ2v) is 6.45. The van der Waals surface area contributed by atoms with E-state index in [0.29, 0.717) is 13.0 Å². The monoisotopic (exact) mass is 207 g/mol. The first-order valence-electron chi connectivity index (χ1n) is 4.74. The van der Waals surface area contributed by atoms with Crippen molar-refractivity contribution in [2.75, 3.05) is 12.3 Å². The maximum absolute atomic E-state index is 11.2. The van der Waals surface area contributed by atoms with Crippen LogP contribution in [0.15, 0.2) is 0 Å². The fraction of sp³-hybridized carbons (Fsp3) is 1.00. The summed E-state index contributed by atoms with van der Waals surface area (Å²) in [4.78, 5) is 0. The summed E-state index contributed by atoms with van der Waals surface area (Å²) < 4.78 is 25.0. The Balaban J connectivity index is 3.77. The molecule has 0 saturated carbocycles. The molecule has 0 spiro atoms. The lowest BCUT2D eigenvalue weighted by Gasteiger charge is -2.17. The summed E-state index contributed by atoms with van der Waals surface area (Å²) in [5.74, 6) is 0.233. The van der Waals surface area contributed by atoms with E-state index in [1.54, 1.807) is 0 Å². The molecule has 0 atom stereocenters. The Bertz CT molecular complexity index is 226. The number of sulfonamides is 1. The van der Waals surface area contributed by atoms with Gasteiger partial charge in [0.25, 0.3) is 0 Å². The molecule has 0 radical (unpaired) electrons. The first kappa shape index (κ1) is 12.9. The molecule has 0 aliphatic rings. The molecule has 0 saturated heterocycles. The molecule has 1 N–H and O–H groups in total. The molecule has 0 rings (SSSR count). The molecule has 3 nitrogen and oxygen atoms in total. The second kappa shape index (κ2) is 4.96. The van der Waals surface area contributed by atoms with Crippen LogP contribution in [0.25, 0.3) is 0 Å². The van der Waals surface area contributed by atoms with Crippen LogP contribution in [-0.4, -0.2) is 20.7 Å². The Kier molecular flexibility index (Phi) is 4.92. The minimum absolute atomic E-state index is 0.189. The molecule has 0 heterocycles. The van der Waals surface area contributed by atoms with Crippen LogP contribution >= 0.6 is 0 Å². The van der Waals surface area contributed by atoms with E-state index in [2.05, 4.69) is 25.5 Å². The molecular formula is C9H21NO2S. The zero-order valence-electron chi connectivity index (χ0n) is 9.05. The highest BCUT2D eigenvalue weighted by Gasteiger charge is 2.12. The van der Waals surface area contributed by atoms with Crippen LogP contribution in [0.3, 0.4) is 0 Å². The van der Waals surface area contributed by atoms with Crippen molar-refractivity contribution in [3.8, 4) is 0 Å². The summed E-state index contributed by atoms with van der Waals surface area (Å²) in [6.07, 6.45) is 1.54. The van der Waals surface area contributed by atoms with Gasteiger partial charge in [0.2, 0.25) is 10.0 Å². The van der Waals surface area contributed by atoms with E-state index in [-0.39, 0.29) is 11.2 Å². The molecule has 13 heavy (non-hydrogen) atoms. The van der Waals surface area contributed by atoms with Gasteiger partial charge in [-0.2, -0.15) is 0 Å². The Hall–Kier alpha value is -0.0900. The fourth-order valence-electron chi connectivity index (χ4n) is 0.922. The highest BCUT2D eigenvalue weighted by molar-refractivity contribution is 7.89. The number of hydrogen-bond acceptors (Lipinski definition) is 2. The Morgan fingerprint density at radius 3 is 2.15 bits per heavy atom. The van der Waals surface area contributed by atoms with Crippen molar-refractivity contribution in [3.05, 3.63) is 0 Å². The summed E-state index contributed by atoms with van der Waals surface area (Å²) in [5.41, 5.74) is 0.189. The predicted molar refractivity (Wildman–Crippen MR) is 56.2 cm³/mol.